The highest BCUT2D eigenvalue weighted by molar-refractivity contribution is 7.16. The summed E-state index contributed by atoms with van der Waals surface area (Å²) < 4.78 is -0.0566. The zero-order valence-electron chi connectivity index (χ0n) is 9.54. The molecular formula is C12H9NO5S. The number of hydrogen-bond acceptors (Lipinski definition) is 5. The number of carboxylic acids is 1. The number of amides is 1. The fourth-order valence-corrected chi connectivity index (χ4v) is 2.49. The molecule has 7 heteroatoms. The zero-order valence-corrected chi connectivity index (χ0v) is 10.4. The number of fused-ring (bicyclic) bond motifs is 1. The number of carboxylic acid groups (broad SMARTS) is 1. The number of rotatable bonds is 3. The molecule has 0 aliphatic heterocycles. The molecule has 0 bridgehead atoms. The molecule has 0 radical (unpaired) electrons. The van der Waals surface area contributed by atoms with E-state index in [1.165, 1.54) is 0 Å². The Bertz CT molecular complexity index is 722. The third-order valence-electron chi connectivity index (χ3n) is 2.41. The molecule has 2 aromatic rings. The summed E-state index contributed by atoms with van der Waals surface area (Å²) in [7, 11) is 0. The molecule has 0 saturated heterocycles. The second-order valence-electron chi connectivity index (χ2n) is 3.69. The minimum absolute atomic E-state index is 0.382. The monoisotopic (exact) mass is 279 g/mol. The van der Waals surface area contributed by atoms with Gasteiger partial charge in [-0.15, -0.1) is 0 Å². The highest BCUT2D eigenvalue weighted by Crippen LogP contribution is 2.28. The van der Waals surface area contributed by atoms with Gasteiger partial charge in [-0.25, -0.2) is 0 Å². The lowest BCUT2D eigenvalue weighted by molar-refractivity contribution is -0.135. The third kappa shape index (κ3) is 2.55. The molecule has 1 amide bonds. The molecule has 0 spiro atoms. The van der Waals surface area contributed by atoms with Crippen LogP contribution in [-0.4, -0.2) is 28.6 Å². The van der Waals surface area contributed by atoms with Crippen molar-refractivity contribution in [1.29, 1.82) is 0 Å². The quantitative estimate of drug-likeness (QED) is 0.770. The first-order chi connectivity index (χ1) is 9.00. The summed E-state index contributed by atoms with van der Waals surface area (Å²) >= 11 is 0.821. The van der Waals surface area contributed by atoms with Gasteiger partial charge in [-0.3, -0.25) is 14.4 Å². The van der Waals surface area contributed by atoms with Crippen molar-refractivity contribution >= 4 is 33.3 Å². The van der Waals surface area contributed by atoms with E-state index in [1.54, 1.807) is 24.3 Å². The van der Waals surface area contributed by atoms with Gasteiger partial charge in [-0.05, 0) is 12.1 Å². The van der Waals surface area contributed by atoms with Crippen LogP contribution in [0.3, 0.4) is 0 Å². The van der Waals surface area contributed by atoms with E-state index < -0.39 is 34.5 Å². The molecule has 0 fully saturated rings. The maximum absolute atomic E-state index is 11.8. The van der Waals surface area contributed by atoms with Gasteiger partial charge < -0.3 is 15.5 Å². The predicted molar refractivity (Wildman–Crippen MR) is 69.7 cm³/mol. The molecule has 0 unspecified atom stereocenters. The fourth-order valence-electron chi connectivity index (χ4n) is 1.58. The van der Waals surface area contributed by atoms with Crippen LogP contribution in [0.25, 0.3) is 10.1 Å². The Hall–Kier alpha value is -2.41. The highest BCUT2D eigenvalue weighted by Gasteiger charge is 2.19. The van der Waals surface area contributed by atoms with Gasteiger partial charge in [0.1, 0.15) is 17.9 Å². The van der Waals surface area contributed by atoms with Crippen LogP contribution in [0, 0.1) is 0 Å². The summed E-state index contributed by atoms with van der Waals surface area (Å²) in [6.07, 6.45) is 0. The van der Waals surface area contributed by atoms with Gasteiger partial charge in [0.2, 0.25) is 4.74 Å². The number of nitrogens with one attached hydrogen (secondary N) is 1. The summed E-state index contributed by atoms with van der Waals surface area (Å²) in [5, 5.41) is 20.9. The Morgan fingerprint density at radius 1 is 1.26 bits per heavy atom. The standard InChI is InChI=1S/C12H9NO5S/c14-8(15)5-13-11(17)9-10(16)6-3-1-2-4-7(6)19-12(9)18/h1-4,16H,5H2,(H,13,17)(H,14,15). The average molecular weight is 279 g/mol. The van der Waals surface area contributed by atoms with Crippen molar-refractivity contribution in [2.45, 2.75) is 0 Å². The first-order valence-corrected chi connectivity index (χ1v) is 6.07. The van der Waals surface area contributed by atoms with E-state index >= 15 is 0 Å². The maximum atomic E-state index is 11.8. The summed E-state index contributed by atoms with van der Waals surface area (Å²) in [5.74, 6) is -2.56. The van der Waals surface area contributed by atoms with Crippen LogP contribution in [0.2, 0.25) is 0 Å². The van der Waals surface area contributed by atoms with Crippen molar-refractivity contribution in [3.8, 4) is 5.75 Å². The lowest BCUT2D eigenvalue weighted by Gasteiger charge is -2.06. The van der Waals surface area contributed by atoms with Gasteiger partial charge in [-0.1, -0.05) is 23.5 Å². The smallest absolute Gasteiger partial charge is 0.322 e. The molecule has 0 aliphatic carbocycles. The van der Waals surface area contributed by atoms with E-state index in [4.69, 9.17) is 5.11 Å². The summed E-state index contributed by atoms with van der Waals surface area (Å²) in [6, 6.07) is 6.61. The van der Waals surface area contributed by atoms with E-state index in [0.29, 0.717) is 10.1 Å². The Morgan fingerprint density at radius 3 is 2.63 bits per heavy atom. The van der Waals surface area contributed by atoms with Crippen molar-refractivity contribution < 1.29 is 19.8 Å². The molecule has 0 aliphatic rings. The third-order valence-corrected chi connectivity index (χ3v) is 3.38. The van der Waals surface area contributed by atoms with Crippen molar-refractivity contribution in [2.75, 3.05) is 6.54 Å². The number of aliphatic carboxylic acids is 1. The zero-order chi connectivity index (χ0) is 14.0. The number of aromatic hydroxyl groups is 1. The van der Waals surface area contributed by atoms with Crippen molar-refractivity contribution in [3.63, 3.8) is 0 Å². The van der Waals surface area contributed by atoms with Gasteiger partial charge in [0.15, 0.2) is 0 Å². The Balaban J connectivity index is 2.51. The van der Waals surface area contributed by atoms with Crippen LogP contribution in [-0.2, 0) is 4.79 Å². The molecule has 1 aromatic carbocycles. The van der Waals surface area contributed by atoms with Crippen LogP contribution in [0.1, 0.15) is 10.4 Å². The fraction of sp³-hybridized carbons (Fsp3) is 0.0833. The normalized spacial score (nSPS) is 10.3. The molecule has 0 saturated carbocycles. The lowest BCUT2D eigenvalue weighted by Crippen LogP contribution is -2.32. The maximum Gasteiger partial charge on any atom is 0.322 e. The topological polar surface area (TPSA) is 104 Å². The van der Waals surface area contributed by atoms with Gasteiger partial charge in [0, 0.05) is 10.1 Å². The van der Waals surface area contributed by atoms with E-state index in [0.717, 1.165) is 11.3 Å². The molecule has 98 valence electrons. The first kappa shape index (κ1) is 13.0. The predicted octanol–water partition coefficient (Wildman–Crippen LogP) is 0.782. The van der Waals surface area contributed by atoms with Crippen LogP contribution < -0.4 is 10.1 Å². The number of carbonyl (C=O) groups excluding carboxylic acids is 1. The van der Waals surface area contributed by atoms with E-state index in [1.807, 2.05) is 0 Å². The largest absolute Gasteiger partial charge is 0.506 e. The minimum atomic E-state index is -1.23. The second kappa shape index (κ2) is 5.07. The Labute approximate surface area is 110 Å². The van der Waals surface area contributed by atoms with Gasteiger partial charge in [0.25, 0.3) is 5.91 Å². The number of benzene rings is 1. The average Bonchev–Trinajstić information content (AvgIpc) is 2.36. The number of carbonyl (C=O) groups is 2. The molecule has 6 nitrogen and oxygen atoms in total. The Morgan fingerprint density at radius 2 is 1.95 bits per heavy atom. The van der Waals surface area contributed by atoms with Gasteiger partial charge in [-0.2, -0.15) is 0 Å². The van der Waals surface area contributed by atoms with Crippen LogP contribution in [0.15, 0.2) is 29.1 Å². The van der Waals surface area contributed by atoms with E-state index in [9.17, 15) is 19.5 Å². The second-order valence-corrected chi connectivity index (χ2v) is 4.70. The van der Waals surface area contributed by atoms with Crippen LogP contribution in [0.4, 0.5) is 0 Å². The molecule has 1 heterocycles. The summed E-state index contributed by atoms with van der Waals surface area (Å²) in [4.78, 5) is 33.9. The molecular weight excluding hydrogens is 270 g/mol. The molecule has 19 heavy (non-hydrogen) atoms. The van der Waals surface area contributed by atoms with E-state index in [2.05, 4.69) is 5.32 Å². The SMILES string of the molecule is O=C(O)CNC(=O)c1c(O)c2ccccc2sc1=O. The lowest BCUT2D eigenvalue weighted by atomic mass is 10.2. The van der Waals surface area contributed by atoms with Crippen molar-refractivity contribution in [3.05, 3.63) is 39.4 Å². The minimum Gasteiger partial charge on any atom is -0.506 e. The molecule has 3 N–H and O–H groups in total. The summed E-state index contributed by atoms with van der Waals surface area (Å²) in [6.45, 7) is -0.616. The molecule has 1 aromatic heterocycles. The van der Waals surface area contributed by atoms with E-state index in [-0.39, 0.29) is 0 Å². The number of hydrogen-bond donors (Lipinski definition) is 3. The first-order valence-electron chi connectivity index (χ1n) is 5.25. The highest BCUT2D eigenvalue weighted by atomic mass is 32.1. The summed E-state index contributed by atoms with van der Waals surface area (Å²) in [5.41, 5.74) is -0.426. The van der Waals surface area contributed by atoms with Gasteiger partial charge >= 0.3 is 5.97 Å². The van der Waals surface area contributed by atoms with Gasteiger partial charge in [0.05, 0.1) is 0 Å². The van der Waals surface area contributed by atoms with Crippen LogP contribution >= 0.6 is 11.3 Å². The van der Waals surface area contributed by atoms with Crippen molar-refractivity contribution in [1.82, 2.24) is 5.32 Å². The van der Waals surface area contributed by atoms with Crippen molar-refractivity contribution in [2.24, 2.45) is 0 Å². The van der Waals surface area contributed by atoms with Crippen LogP contribution in [0.5, 0.6) is 5.75 Å². The molecule has 0 atom stereocenters. The molecule has 2 rings (SSSR count). The Kier molecular flexibility index (Phi) is 3.48.